The summed E-state index contributed by atoms with van der Waals surface area (Å²) in [5.41, 5.74) is 7.64. The van der Waals surface area contributed by atoms with Gasteiger partial charge in [0.15, 0.2) is 0 Å². The number of thioether (sulfide) groups is 1. The zero-order chi connectivity index (χ0) is 19.7. The number of fused-ring (bicyclic) bond motifs is 1. The number of amides is 3. The largest absolute Gasteiger partial charge is 0.366 e. The van der Waals surface area contributed by atoms with Gasteiger partial charge in [0.2, 0.25) is 11.8 Å². The lowest BCUT2D eigenvalue weighted by molar-refractivity contribution is -0.138. The number of nitrogens with two attached hydrogens (primary N) is 1. The van der Waals surface area contributed by atoms with E-state index in [0.717, 1.165) is 29.4 Å². The summed E-state index contributed by atoms with van der Waals surface area (Å²) < 4.78 is 0. The Balaban J connectivity index is 1.47. The summed E-state index contributed by atoms with van der Waals surface area (Å²) in [6.07, 6.45) is 1.44. The first-order valence-electron chi connectivity index (χ1n) is 9.35. The van der Waals surface area contributed by atoms with Gasteiger partial charge in [-0.3, -0.25) is 19.4 Å². The van der Waals surface area contributed by atoms with Crippen LogP contribution in [0.1, 0.15) is 34.8 Å². The molecule has 146 valence electrons. The van der Waals surface area contributed by atoms with Gasteiger partial charge in [-0.15, -0.1) is 11.8 Å². The van der Waals surface area contributed by atoms with Gasteiger partial charge >= 0.3 is 0 Å². The van der Waals surface area contributed by atoms with Crippen LogP contribution in [0, 0.1) is 0 Å². The maximum Gasteiger partial charge on any atom is 0.250 e. The molecule has 2 aliphatic rings. The number of aromatic nitrogens is 1. The van der Waals surface area contributed by atoms with Gasteiger partial charge < -0.3 is 15.5 Å². The van der Waals surface area contributed by atoms with Gasteiger partial charge in [-0.05, 0) is 25.0 Å². The zero-order valence-electron chi connectivity index (χ0n) is 15.5. The van der Waals surface area contributed by atoms with E-state index in [1.807, 2.05) is 30.3 Å². The first kappa shape index (κ1) is 18.7. The summed E-state index contributed by atoms with van der Waals surface area (Å²) in [5.74, 6) is 0.663. The molecule has 4 rings (SSSR count). The number of hydrogen-bond acceptors (Lipinski definition) is 5. The third-order valence-corrected chi connectivity index (χ3v) is 6.35. The van der Waals surface area contributed by atoms with Gasteiger partial charge in [-0.1, -0.05) is 18.2 Å². The summed E-state index contributed by atoms with van der Waals surface area (Å²) in [6.45, 7) is 1.33. The number of carbonyl (C=O) groups excluding carboxylic acids is 3. The molecule has 3 amide bonds. The Bertz CT molecular complexity index is 940. The summed E-state index contributed by atoms with van der Waals surface area (Å²) >= 11 is 1.54. The number of piperidine rings is 1. The summed E-state index contributed by atoms with van der Waals surface area (Å²) in [4.78, 5) is 44.4. The number of nitrogens with zero attached hydrogens (tertiary/aromatic N) is 3. The molecule has 0 saturated carbocycles. The highest BCUT2D eigenvalue weighted by Crippen LogP contribution is 2.31. The highest BCUT2D eigenvalue weighted by atomic mass is 32.2. The molecule has 0 atom stereocenters. The molecule has 2 N–H and O–H groups in total. The first-order valence-corrected chi connectivity index (χ1v) is 10.5. The Hall–Kier alpha value is -2.61. The Labute approximate surface area is 167 Å². The van der Waals surface area contributed by atoms with E-state index >= 15 is 0 Å². The minimum Gasteiger partial charge on any atom is -0.366 e. The van der Waals surface area contributed by atoms with Crippen molar-refractivity contribution in [1.82, 2.24) is 14.8 Å². The van der Waals surface area contributed by atoms with E-state index < -0.39 is 5.91 Å². The average molecular weight is 398 g/mol. The maximum absolute atomic E-state index is 12.5. The van der Waals surface area contributed by atoms with Crippen molar-refractivity contribution >= 4 is 40.4 Å². The van der Waals surface area contributed by atoms with Crippen LogP contribution in [0.4, 0.5) is 0 Å². The Morgan fingerprint density at radius 1 is 1.21 bits per heavy atom. The van der Waals surface area contributed by atoms with Crippen LogP contribution in [0.3, 0.4) is 0 Å². The minimum absolute atomic E-state index is 0.0177. The van der Waals surface area contributed by atoms with Crippen LogP contribution in [-0.2, 0) is 9.59 Å². The summed E-state index contributed by atoms with van der Waals surface area (Å²) in [7, 11) is 0. The standard InChI is InChI=1S/C20H22N4O3S/c21-20(27)15-9-14-3-1-2-4-16(14)22-19(15)13-5-7-23(8-6-13)17(25)10-24-12-28-11-18(24)26/h1-4,9,13H,5-8,10-12H2,(H2,21,27). The zero-order valence-corrected chi connectivity index (χ0v) is 16.3. The van der Waals surface area contributed by atoms with Crippen molar-refractivity contribution < 1.29 is 14.4 Å². The van der Waals surface area contributed by atoms with Crippen molar-refractivity contribution in [3.63, 3.8) is 0 Å². The number of pyridine rings is 1. The van der Waals surface area contributed by atoms with Crippen LogP contribution in [0.2, 0.25) is 0 Å². The van der Waals surface area contributed by atoms with Crippen LogP contribution < -0.4 is 5.73 Å². The van der Waals surface area contributed by atoms with Crippen molar-refractivity contribution in [3.8, 4) is 0 Å². The lowest BCUT2D eigenvalue weighted by Gasteiger charge is -2.33. The molecule has 2 fully saturated rings. The highest BCUT2D eigenvalue weighted by Gasteiger charge is 2.30. The summed E-state index contributed by atoms with van der Waals surface area (Å²) in [6, 6.07) is 9.48. The van der Waals surface area contributed by atoms with Crippen LogP contribution in [0.15, 0.2) is 30.3 Å². The molecule has 2 saturated heterocycles. The molecule has 1 aromatic heterocycles. The van der Waals surface area contributed by atoms with Gasteiger partial charge in [0, 0.05) is 24.4 Å². The molecule has 28 heavy (non-hydrogen) atoms. The quantitative estimate of drug-likeness (QED) is 0.843. The van der Waals surface area contributed by atoms with Gasteiger partial charge in [-0.2, -0.15) is 0 Å². The van der Waals surface area contributed by atoms with Gasteiger partial charge in [-0.25, -0.2) is 0 Å². The monoisotopic (exact) mass is 398 g/mol. The van der Waals surface area contributed by atoms with E-state index in [9.17, 15) is 14.4 Å². The van der Waals surface area contributed by atoms with Crippen molar-refractivity contribution in [3.05, 3.63) is 41.6 Å². The Kier molecular flexibility index (Phi) is 5.21. The minimum atomic E-state index is -0.475. The third-order valence-electron chi connectivity index (χ3n) is 5.40. The second kappa shape index (κ2) is 7.79. The van der Waals surface area contributed by atoms with Crippen LogP contribution in [-0.4, -0.2) is 63.8 Å². The van der Waals surface area contributed by atoms with Crippen LogP contribution >= 0.6 is 11.8 Å². The second-order valence-corrected chi connectivity index (χ2v) is 8.16. The topological polar surface area (TPSA) is 96.6 Å². The molecule has 2 aliphatic heterocycles. The lowest BCUT2D eigenvalue weighted by Crippen LogP contribution is -2.44. The lowest BCUT2D eigenvalue weighted by atomic mass is 9.89. The molecular weight excluding hydrogens is 376 g/mol. The molecule has 8 heteroatoms. The van der Waals surface area contributed by atoms with Crippen molar-refractivity contribution in [2.24, 2.45) is 5.73 Å². The predicted octanol–water partition coefficient (Wildman–Crippen LogP) is 1.57. The average Bonchev–Trinajstić information content (AvgIpc) is 3.11. The summed E-state index contributed by atoms with van der Waals surface area (Å²) in [5, 5.41) is 0.890. The number of benzene rings is 1. The predicted molar refractivity (Wildman–Crippen MR) is 108 cm³/mol. The van der Waals surface area contributed by atoms with Gasteiger partial charge in [0.1, 0.15) is 6.54 Å². The Morgan fingerprint density at radius 2 is 1.96 bits per heavy atom. The third kappa shape index (κ3) is 3.69. The molecular formula is C20H22N4O3S. The molecule has 7 nitrogen and oxygen atoms in total. The fourth-order valence-corrected chi connectivity index (χ4v) is 4.75. The SMILES string of the molecule is NC(=O)c1cc2ccccc2nc1C1CCN(C(=O)CN2CSCC2=O)CC1. The van der Waals surface area contributed by atoms with E-state index in [1.54, 1.807) is 9.80 Å². The molecule has 0 spiro atoms. The van der Waals surface area contributed by atoms with Gasteiger partial charge in [0.05, 0.1) is 28.4 Å². The maximum atomic E-state index is 12.5. The molecule has 0 aliphatic carbocycles. The van der Waals surface area contributed by atoms with E-state index in [1.165, 1.54) is 11.8 Å². The number of para-hydroxylation sites is 1. The van der Waals surface area contributed by atoms with Gasteiger partial charge in [0.25, 0.3) is 5.91 Å². The van der Waals surface area contributed by atoms with Crippen LogP contribution in [0.25, 0.3) is 10.9 Å². The fraction of sp³-hybridized carbons (Fsp3) is 0.400. The number of carbonyl (C=O) groups is 3. The number of hydrogen-bond donors (Lipinski definition) is 1. The number of primary amides is 1. The van der Waals surface area contributed by atoms with Crippen molar-refractivity contribution in [2.45, 2.75) is 18.8 Å². The smallest absolute Gasteiger partial charge is 0.250 e. The van der Waals surface area contributed by atoms with Crippen LogP contribution in [0.5, 0.6) is 0 Å². The fourth-order valence-electron chi connectivity index (χ4n) is 3.85. The van der Waals surface area contributed by atoms with E-state index in [4.69, 9.17) is 10.7 Å². The molecule has 0 unspecified atom stereocenters. The van der Waals surface area contributed by atoms with Crippen molar-refractivity contribution in [1.29, 1.82) is 0 Å². The molecule has 1 aromatic carbocycles. The normalized spacial score (nSPS) is 18.1. The molecule has 0 radical (unpaired) electrons. The van der Waals surface area contributed by atoms with E-state index in [0.29, 0.717) is 30.3 Å². The van der Waals surface area contributed by atoms with E-state index in [2.05, 4.69) is 0 Å². The molecule has 0 bridgehead atoms. The van der Waals surface area contributed by atoms with Crippen molar-refractivity contribution in [2.75, 3.05) is 31.3 Å². The number of likely N-dealkylation sites (tertiary alicyclic amines) is 1. The highest BCUT2D eigenvalue weighted by molar-refractivity contribution is 8.00. The first-order chi connectivity index (χ1) is 13.5. The number of rotatable bonds is 4. The Morgan fingerprint density at radius 3 is 2.64 bits per heavy atom. The van der Waals surface area contributed by atoms with E-state index in [-0.39, 0.29) is 24.3 Å². The second-order valence-electron chi connectivity index (χ2n) is 7.20. The molecule has 3 heterocycles. The molecule has 2 aromatic rings.